The Morgan fingerprint density at radius 3 is 2.68 bits per heavy atom. The third kappa shape index (κ3) is 4.15. The summed E-state index contributed by atoms with van der Waals surface area (Å²) in [5, 5.41) is 6.64. The molecule has 6 heteroatoms. The standard InChI is InChI=1S/C19H25N3O2.ClH/c23-18(11-13-9-15-6-7-16(10-13)20-15)21-14-3-1-4-17(12-14)22-8-2-5-19(22)24;/h1,3-4,12-13,15-16,20H,2,5-11H2,(H,21,23);1H. The molecular formula is C19H26ClN3O2. The molecule has 2 N–H and O–H groups in total. The largest absolute Gasteiger partial charge is 0.326 e. The van der Waals surface area contributed by atoms with Crippen molar-refractivity contribution >= 4 is 35.6 Å². The Labute approximate surface area is 154 Å². The van der Waals surface area contributed by atoms with Crippen molar-refractivity contribution in [3.05, 3.63) is 24.3 Å². The molecule has 2 unspecified atom stereocenters. The van der Waals surface area contributed by atoms with Crippen molar-refractivity contribution in [3.63, 3.8) is 0 Å². The lowest BCUT2D eigenvalue weighted by molar-refractivity contribution is -0.118. The van der Waals surface area contributed by atoms with Crippen molar-refractivity contribution in [3.8, 4) is 0 Å². The molecule has 2 atom stereocenters. The Hall–Kier alpha value is -1.59. The minimum Gasteiger partial charge on any atom is -0.326 e. The van der Waals surface area contributed by atoms with Crippen LogP contribution in [-0.4, -0.2) is 30.4 Å². The van der Waals surface area contributed by atoms with Gasteiger partial charge in [0.05, 0.1) is 0 Å². The van der Waals surface area contributed by atoms with Gasteiger partial charge in [-0.15, -0.1) is 12.4 Å². The quantitative estimate of drug-likeness (QED) is 0.864. The highest BCUT2D eigenvalue weighted by Crippen LogP contribution is 2.33. The Morgan fingerprint density at radius 2 is 2.00 bits per heavy atom. The molecule has 1 aromatic carbocycles. The molecule has 0 aromatic heterocycles. The van der Waals surface area contributed by atoms with Crippen LogP contribution in [0.5, 0.6) is 0 Å². The smallest absolute Gasteiger partial charge is 0.227 e. The molecule has 0 radical (unpaired) electrons. The van der Waals surface area contributed by atoms with Gasteiger partial charge < -0.3 is 15.5 Å². The zero-order chi connectivity index (χ0) is 16.5. The topological polar surface area (TPSA) is 61.4 Å². The predicted octanol–water partition coefficient (Wildman–Crippen LogP) is 3.09. The summed E-state index contributed by atoms with van der Waals surface area (Å²) in [6.07, 6.45) is 6.88. The average molecular weight is 364 g/mol. The van der Waals surface area contributed by atoms with Crippen LogP contribution in [0.25, 0.3) is 0 Å². The van der Waals surface area contributed by atoms with E-state index >= 15 is 0 Å². The maximum atomic E-state index is 12.4. The molecule has 3 aliphatic heterocycles. The molecule has 5 nitrogen and oxygen atoms in total. The highest BCUT2D eigenvalue weighted by molar-refractivity contribution is 5.97. The second kappa shape index (κ2) is 7.75. The van der Waals surface area contributed by atoms with Crippen LogP contribution in [0.1, 0.15) is 44.9 Å². The lowest BCUT2D eigenvalue weighted by Gasteiger charge is -2.28. The summed E-state index contributed by atoms with van der Waals surface area (Å²) < 4.78 is 0. The number of carbonyl (C=O) groups is 2. The minimum absolute atomic E-state index is 0. The van der Waals surface area contributed by atoms with Crippen LogP contribution in [0.2, 0.25) is 0 Å². The molecule has 2 amide bonds. The summed E-state index contributed by atoms with van der Waals surface area (Å²) in [7, 11) is 0. The van der Waals surface area contributed by atoms with Gasteiger partial charge in [-0.2, -0.15) is 0 Å². The van der Waals surface area contributed by atoms with E-state index in [0.717, 1.165) is 37.2 Å². The van der Waals surface area contributed by atoms with E-state index in [1.54, 1.807) is 4.90 Å². The molecule has 2 bridgehead atoms. The van der Waals surface area contributed by atoms with Gasteiger partial charge in [0, 0.05) is 42.8 Å². The predicted molar refractivity (Wildman–Crippen MR) is 101 cm³/mol. The fraction of sp³-hybridized carbons (Fsp3) is 0.579. The fourth-order valence-corrected chi connectivity index (χ4v) is 4.49. The first-order valence-electron chi connectivity index (χ1n) is 9.14. The van der Waals surface area contributed by atoms with Crippen LogP contribution >= 0.6 is 12.4 Å². The molecular weight excluding hydrogens is 338 g/mol. The molecule has 136 valence electrons. The SMILES string of the molecule is Cl.O=C(CC1CC2CCC(C1)N2)Nc1cccc(N2CCCC2=O)c1. The van der Waals surface area contributed by atoms with E-state index in [1.165, 1.54) is 12.8 Å². The number of halogens is 1. The molecule has 0 saturated carbocycles. The average Bonchev–Trinajstić information content (AvgIpc) is 3.13. The number of nitrogens with zero attached hydrogens (tertiary/aromatic N) is 1. The molecule has 3 heterocycles. The number of nitrogens with one attached hydrogen (secondary N) is 2. The number of rotatable bonds is 4. The zero-order valence-corrected chi connectivity index (χ0v) is 15.2. The highest BCUT2D eigenvalue weighted by atomic mass is 35.5. The van der Waals surface area contributed by atoms with Crippen molar-refractivity contribution in [1.82, 2.24) is 5.32 Å². The van der Waals surface area contributed by atoms with Crippen LogP contribution in [0, 0.1) is 5.92 Å². The number of piperidine rings is 1. The lowest BCUT2D eigenvalue weighted by Crippen LogP contribution is -2.39. The van der Waals surface area contributed by atoms with E-state index < -0.39 is 0 Å². The number of benzene rings is 1. The van der Waals surface area contributed by atoms with Crippen LogP contribution in [0.3, 0.4) is 0 Å². The Balaban J connectivity index is 0.00000182. The Bertz CT molecular complexity index is 639. The highest BCUT2D eigenvalue weighted by Gasteiger charge is 2.34. The van der Waals surface area contributed by atoms with Gasteiger partial charge in [-0.3, -0.25) is 9.59 Å². The number of carbonyl (C=O) groups excluding carboxylic acids is 2. The normalized spacial score (nSPS) is 27.9. The number of anilines is 2. The number of fused-ring (bicyclic) bond motifs is 2. The van der Waals surface area contributed by atoms with Crippen molar-refractivity contribution in [1.29, 1.82) is 0 Å². The third-order valence-corrected chi connectivity index (χ3v) is 5.56. The Kier molecular flexibility index (Phi) is 5.64. The molecule has 1 aromatic rings. The molecule has 3 aliphatic rings. The van der Waals surface area contributed by atoms with Crippen LogP contribution in [-0.2, 0) is 9.59 Å². The molecule has 25 heavy (non-hydrogen) atoms. The van der Waals surface area contributed by atoms with Gasteiger partial charge in [0.15, 0.2) is 0 Å². The second-order valence-corrected chi connectivity index (χ2v) is 7.43. The molecule has 4 rings (SSSR count). The van der Waals surface area contributed by atoms with E-state index in [1.807, 2.05) is 24.3 Å². The summed E-state index contributed by atoms with van der Waals surface area (Å²) in [6, 6.07) is 8.88. The summed E-state index contributed by atoms with van der Waals surface area (Å²) in [5.74, 6) is 0.752. The van der Waals surface area contributed by atoms with Gasteiger partial charge >= 0.3 is 0 Å². The monoisotopic (exact) mass is 363 g/mol. The van der Waals surface area contributed by atoms with E-state index in [0.29, 0.717) is 30.8 Å². The van der Waals surface area contributed by atoms with Gasteiger partial charge in [0.2, 0.25) is 11.8 Å². The van der Waals surface area contributed by atoms with Crippen LogP contribution < -0.4 is 15.5 Å². The molecule has 0 spiro atoms. The van der Waals surface area contributed by atoms with Crippen molar-refractivity contribution in [2.75, 3.05) is 16.8 Å². The van der Waals surface area contributed by atoms with E-state index in [-0.39, 0.29) is 24.2 Å². The van der Waals surface area contributed by atoms with Gasteiger partial charge in [-0.25, -0.2) is 0 Å². The Morgan fingerprint density at radius 1 is 1.24 bits per heavy atom. The molecule has 0 aliphatic carbocycles. The fourth-order valence-electron chi connectivity index (χ4n) is 4.49. The van der Waals surface area contributed by atoms with Gasteiger partial charge in [-0.05, 0) is 56.2 Å². The third-order valence-electron chi connectivity index (χ3n) is 5.56. The molecule has 3 saturated heterocycles. The first kappa shape index (κ1) is 18.2. The summed E-state index contributed by atoms with van der Waals surface area (Å²) in [5.41, 5.74) is 1.67. The maximum Gasteiger partial charge on any atom is 0.227 e. The summed E-state index contributed by atoms with van der Waals surface area (Å²) in [4.78, 5) is 26.1. The second-order valence-electron chi connectivity index (χ2n) is 7.43. The number of hydrogen-bond acceptors (Lipinski definition) is 3. The zero-order valence-electron chi connectivity index (χ0n) is 14.4. The van der Waals surface area contributed by atoms with E-state index in [2.05, 4.69) is 10.6 Å². The van der Waals surface area contributed by atoms with Crippen molar-refractivity contribution in [2.24, 2.45) is 5.92 Å². The van der Waals surface area contributed by atoms with Crippen molar-refractivity contribution < 1.29 is 9.59 Å². The summed E-state index contributed by atoms with van der Waals surface area (Å²) >= 11 is 0. The van der Waals surface area contributed by atoms with E-state index in [4.69, 9.17) is 0 Å². The van der Waals surface area contributed by atoms with Gasteiger partial charge in [-0.1, -0.05) is 6.07 Å². The maximum absolute atomic E-state index is 12.4. The first-order valence-corrected chi connectivity index (χ1v) is 9.14. The van der Waals surface area contributed by atoms with Gasteiger partial charge in [0.25, 0.3) is 0 Å². The summed E-state index contributed by atoms with van der Waals surface area (Å²) in [6.45, 7) is 0.772. The van der Waals surface area contributed by atoms with E-state index in [9.17, 15) is 9.59 Å². The van der Waals surface area contributed by atoms with Crippen LogP contribution in [0.15, 0.2) is 24.3 Å². The first-order chi connectivity index (χ1) is 11.7. The number of amides is 2. The lowest BCUT2D eigenvalue weighted by atomic mass is 9.89. The van der Waals surface area contributed by atoms with Gasteiger partial charge in [0.1, 0.15) is 0 Å². The minimum atomic E-state index is 0. The van der Waals surface area contributed by atoms with Crippen molar-refractivity contribution in [2.45, 2.75) is 57.0 Å². The van der Waals surface area contributed by atoms with Crippen LogP contribution in [0.4, 0.5) is 11.4 Å². The number of hydrogen-bond donors (Lipinski definition) is 2. The molecule has 3 fully saturated rings.